The second kappa shape index (κ2) is 16.9. The number of aromatic nitrogens is 2. The first-order valence-corrected chi connectivity index (χ1v) is 22.0. The Labute approximate surface area is 394 Å². The molecule has 8 aromatic rings. The average molecular weight is 1020 g/mol. The van der Waals surface area contributed by atoms with Crippen molar-refractivity contribution >= 4 is 33.2 Å². The summed E-state index contributed by atoms with van der Waals surface area (Å²) in [6.45, 7) is 25.0. The van der Waals surface area contributed by atoms with Gasteiger partial charge in [0, 0.05) is 71.9 Å². The van der Waals surface area contributed by atoms with Gasteiger partial charge in [0.2, 0.25) is 0 Å². The molecular formula is C58H57N4OPt-3. The van der Waals surface area contributed by atoms with Crippen LogP contribution in [0.2, 0.25) is 0 Å². The van der Waals surface area contributed by atoms with E-state index in [2.05, 4.69) is 236 Å². The molecule has 0 amide bonds. The maximum Gasteiger partial charge on any atom is 0.135 e. The molecule has 9 rings (SSSR count). The number of anilines is 2. The number of benzene rings is 6. The van der Waals surface area contributed by atoms with Crippen molar-refractivity contribution in [1.82, 2.24) is 9.55 Å². The molecule has 3 heterocycles. The van der Waals surface area contributed by atoms with Crippen molar-refractivity contribution in [3.8, 4) is 17.3 Å². The van der Waals surface area contributed by atoms with Crippen LogP contribution in [-0.2, 0) is 37.3 Å². The number of allylic oxidation sites excluding steroid dienone is 1. The molecule has 0 spiro atoms. The van der Waals surface area contributed by atoms with E-state index in [-0.39, 0.29) is 42.7 Å². The Kier molecular flexibility index (Phi) is 11.8. The number of rotatable bonds is 9. The Morgan fingerprint density at radius 1 is 0.531 bits per heavy atom. The Bertz CT molecular complexity index is 2920. The van der Waals surface area contributed by atoms with Crippen LogP contribution >= 0.6 is 0 Å². The number of nitrogens with zero attached hydrogens (tertiary/aromatic N) is 4. The summed E-state index contributed by atoms with van der Waals surface area (Å²) in [5.74, 6) is 2.07. The molecule has 0 atom stereocenters. The van der Waals surface area contributed by atoms with Gasteiger partial charge in [0.05, 0.1) is 0 Å². The zero-order valence-electron chi connectivity index (χ0n) is 38.6. The molecule has 5 nitrogen and oxygen atoms in total. The summed E-state index contributed by atoms with van der Waals surface area (Å²) in [4.78, 5) is 9.39. The van der Waals surface area contributed by atoms with Gasteiger partial charge in [0.15, 0.2) is 0 Å². The topological polar surface area (TPSA) is 33.5 Å². The Hall–Kier alpha value is -5.90. The van der Waals surface area contributed by atoms with Crippen LogP contribution in [0.15, 0.2) is 164 Å². The van der Waals surface area contributed by atoms with E-state index in [4.69, 9.17) is 9.72 Å². The molecule has 0 fully saturated rings. The third-order valence-electron chi connectivity index (χ3n) is 12.8. The fourth-order valence-corrected chi connectivity index (χ4v) is 8.76. The molecule has 64 heavy (non-hydrogen) atoms. The predicted octanol–water partition coefficient (Wildman–Crippen LogP) is 14.9. The largest absolute Gasteiger partial charge is 0.509 e. The van der Waals surface area contributed by atoms with Crippen LogP contribution in [0.5, 0.6) is 11.5 Å². The van der Waals surface area contributed by atoms with Crippen molar-refractivity contribution in [3.05, 3.63) is 210 Å². The average Bonchev–Trinajstić information content (AvgIpc) is 3.88. The number of hydrogen-bond acceptors (Lipinski definition) is 4. The quantitative estimate of drug-likeness (QED) is 0.135. The van der Waals surface area contributed by atoms with E-state index in [0.717, 1.165) is 39.0 Å². The van der Waals surface area contributed by atoms with Gasteiger partial charge >= 0.3 is 0 Å². The third kappa shape index (κ3) is 8.43. The monoisotopic (exact) mass is 1020 g/mol. The Morgan fingerprint density at radius 3 is 1.77 bits per heavy atom. The van der Waals surface area contributed by atoms with Gasteiger partial charge in [-0.05, 0) is 75.2 Å². The summed E-state index contributed by atoms with van der Waals surface area (Å²) in [6, 6.07) is 59.0. The second-order valence-electron chi connectivity index (χ2n) is 20.0. The minimum absolute atomic E-state index is 0. The van der Waals surface area contributed by atoms with Crippen molar-refractivity contribution < 1.29 is 25.8 Å². The Balaban J connectivity index is 0.00000560. The van der Waals surface area contributed by atoms with Gasteiger partial charge in [0.1, 0.15) is 5.82 Å². The molecule has 1 aliphatic heterocycles. The first-order valence-electron chi connectivity index (χ1n) is 22.0. The van der Waals surface area contributed by atoms with Crippen LogP contribution < -0.4 is 14.5 Å². The van der Waals surface area contributed by atoms with E-state index >= 15 is 0 Å². The van der Waals surface area contributed by atoms with Crippen molar-refractivity contribution in [2.45, 2.75) is 85.5 Å². The van der Waals surface area contributed by atoms with Crippen LogP contribution in [0, 0.1) is 24.2 Å². The number of para-hydroxylation sites is 1. The van der Waals surface area contributed by atoms with E-state index in [1.165, 1.54) is 33.5 Å². The van der Waals surface area contributed by atoms with Gasteiger partial charge in [-0.1, -0.05) is 160 Å². The molecule has 2 aromatic heterocycles. The van der Waals surface area contributed by atoms with Crippen molar-refractivity contribution in [2.24, 2.45) is 5.41 Å². The van der Waals surface area contributed by atoms with Gasteiger partial charge in [0.25, 0.3) is 0 Å². The number of fused-ring (bicyclic) bond motifs is 3. The zero-order valence-corrected chi connectivity index (χ0v) is 40.9. The van der Waals surface area contributed by atoms with E-state index in [0.29, 0.717) is 11.5 Å². The van der Waals surface area contributed by atoms with Gasteiger partial charge in [-0.3, -0.25) is 0 Å². The van der Waals surface area contributed by atoms with Gasteiger partial charge < -0.3 is 19.1 Å². The van der Waals surface area contributed by atoms with Gasteiger partial charge in [-0.15, -0.1) is 48.1 Å². The van der Waals surface area contributed by atoms with Crippen molar-refractivity contribution in [1.29, 1.82) is 0 Å². The fraction of sp³-hybridized carbons (Fsp3) is 0.241. The molecule has 1 aliphatic rings. The van der Waals surface area contributed by atoms with Crippen molar-refractivity contribution in [3.63, 3.8) is 0 Å². The zero-order chi connectivity index (χ0) is 44.3. The molecule has 0 unspecified atom stereocenters. The number of hydrogen-bond donors (Lipinski definition) is 0. The third-order valence-corrected chi connectivity index (χ3v) is 12.8. The van der Waals surface area contributed by atoms with E-state index in [1.807, 2.05) is 24.4 Å². The van der Waals surface area contributed by atoms with Crippen LogP contribution in [0.1, 0.15) is 97.1 Å². The first kappa shape index (κ1) is 44.7. The SMILES string of the molecule is CC(C)(C)C1=CN(c2[c-]c(Oc3[c-]c4c(cc3)c3ccccc3n4-c3cc(C(C)(C)C)ccn3)ccc2)[CH-]N1c1cc(C(C)(C)c2ccccc2)cc(C(C)(C)c2ccccc2)c1.[Pt]. The molecule has 0 saturated heterocycles. The summed E-state index contributed by atoms with van der Waals surface area (Å²) in [5.41, 5.74) is 10.8. The predicted molar refractivity (Wildman–Crippen MR) is 262 cm³/mol. The molecule has 0 saturated carbocycles. The maximum atomic E-state index is 6.63. The van der Waals surface area contributed by atoms with Crippen LogP contribution in [0.4, 0.5) is 11.4 Å². The minimum atomic E-state index is -0.245. The van der Waals surface area contributed by atoms with Crippen LogP contribution in [0.3, 0.4) is 0 Å². The molecule has 328 valence electrons. The summed E-state index contributed by atoms with van der Waals surface area (Å²) in [6.07, 6.45) is 4.14. The van der Waals surface area contributed by atoms with E-state index < -0.39 is 0 Å². The fourth-order valence-electron chi connectivity index (χ4n) is 8.76. The minimum Gasteiger partial charge on any atom is -0.509 e. The molecule has 6 aromatic carbocycles. The maximum absolute atomic E-state index is 6.63. The number of pyridine rings is 1. The summed E-state index contributed by atoms with van der Waals surface area (Å²) in [5, 5.41) is 2.24. The van der Waals surface area contributed by atoms with E-state index in [9.17, 15) is 0 Å². The van der Waals surface area contributed by atoms with E-state index in [1.54, 1.807) is 0 Å². The first-order chi connectivity index (χ1) is 30.0. The molecule has 0 radical (unpaired) electrons. The van der Waals surface area contributed by atoms with Crippen LogP contribution in [0.25, 0.3) is 27.6 Å². The smallest absolute Gasteiger partial charge is 0.135 e. The number of ether oxygens (including phenoxy) is 1. The molecule has 0 N–H and O–H groups in total. The summed E-state index contributed by atoms with van der Waals surface area (Å²) in [7, 11) is 0. The van der Waals surface area contributed by atoms with Gasteiger partial charge in [-0.2, -0.15) is 12.1 Å². The molecular weight excluding hydrogens is 964 g/mol. The second-order valence-corrected chi connectivity index (χ2v) is 20.0. The molecule has 0 aliphatic carbocycles. The standard InChI is InChI=1S/C58H57N4O.Pt/c1-55(2,3)42-30-31-59-54(35-42)62-51-27-18-17-26-49(51)50-29-28-48(37-52(50)62)63-47-25-19-24-45(36-47)60-38-53(56(4,5)6)61(39-60)46-33-43(57(7,8)40-20-13-11-14-21-40)32-44(34-46)58(9,10)41-22-15-12-16-23-41;/h11-35,38-39H,1-10H3;/q-3;. The van der Waals surface area contributed by atoms with Gasteiger partial charge in [-0.25, -0.2) is 4.98 Å². The summed E-state index contributed by atoms with van der Waals surface area (Å²) >= 11 is 0. The Morgan fingerprint density at radius 2 is 1.14 bits per heavy atom. The normalized spacial score (nSPS) is 13.6. The van der Waals surface area contributed by atoms with Crippen molar-refractivity contribution in [2.75, 3.05) is 9.80 Å². The summed E-state index contributed by atoms with van der Waals surface area (Å²) < 4.78 is 8.82. The molecule has 6 heteroatoms. The van der Waals surface area contributed by atoms with Crippen LogP contribution in [-0.4, -0.2) is 9.55 Å². The molecule has 0 bridgehead atoms.